The maximum atomic E-state index is 10.1. The summed E-state index contributed by atoms with van der Waals surface area (Å²) < 4.78 is 0. The van der Waals surface area contributed by atoms with Crippen molar-refractivity contribution in [1.82, 2.24) is 14.9 Å². The van der Waals surface area contributed by atoms with Gasteiger partial charge in [0.1, 0.15) is 5.75 Å². The number of benzene rings is 1. The second-order valence-corrected chi connectivity index (χ2v) is 6.56. The number of phenols is 1. The number of phenolic OH excluding ortho intramolecular Hbond substituents is 1. The molecule has 0 fully saturated rings. The van der Waals surface area contributed by atoms with E-state index in [9.17, 15) is 5.11 Å². The van der Waals surface area contributed by atoms with Crippen molar-refractivity contribution in [2.75, 3.05) is 0 Å². The van der Waals surface area contributed by atoms with Crippen LogP contribution in [0.15, 0.2) is 66.7 Å². The molecule has 3 rings (SSSR count). The van der Waals surface area contributed by atoms with Gasteiger partial charge in [-0.2, -0.15) is 0 Å². The van der Waals surface area contributed by atoms with Gasteiger partial charge in [0.2, 0.25) is 0 Å². The van der Waals surface area contributed by atoms with E-state index in [0.717, 1.165) is 40.2 Å². The van der Waals surface area contributed by atoms with Crippen molar-refractivity contribution in [3.8, 4) is 5.75 Å². The molecular weight excluding hydrogens is 336 g/mol. The van der Waals surface area contributed by atoms with E-state index in [-0.39, 0.29) is 6.04 Å². The van der Waals surface area contributed by atoms with E-state index >= 15 is 0 Å². The van der Waals surface area contributed by atoms with Crippen LogP contribution in [0.4, 0.5) is 0 Å². The third-order valence-corrected chi connectivity index (χ3v) is 4.76. The van der Waals surface area contributed by atoms with Gasteiger partial charge in [-0.25, -0.2) is 9.97 Å². The molecule has 1 N–H and O–H groups in total. The highest BCUT2D eigenvalue weighted by Gasteiger charge is 2.33. The highest BCUT2D eigenvalue weighted by Crippen LogP contribution is 2.46. The number of aromatic hydroxyl groups is 1. The molecule has 0 saturated heterocycles. The Bertz CT molecular complexity index is 944. The largest absolute Gasteiger partial charge is 0.508 e. The zero-order chi connectivity index (χ0) is 19.6. The molecule has 0 spiro atoms. The number of hydrogen-bond acceptors (Lipinski definition) is 5. The van der Waals surface area contributed by atoms with Crippen LogP contribution in [-0.4, -0.2) is 25.7 Å². The van der Waals surface area contributed by atoms with Crippen LogP contribution < -0.4 is 0 Å². The van der Waals surface area contributed by atoms with Crippen LogP contribution in [-0.2, 0) is 0 Å². The molecule has 5 nitrogen and oxygen atoms in total. The summed E-state index contributed by atoms with van der Waals surface area (Å²) in [6.07, 6.45) is 7.83. The predicted molar refractivity (Wildman–Crippen MR) is 109 cm³/mol. The van der Waals surface area contributed by atoms with Crippen molar-refractivity contribution in [2.24, 2.45) is 4.99 Å². The Labute approximate surface area is 160 Å². The summed E-state index contributed by atoms with van der Waals surface area (Å²) >= 11 is 0. The third kappa shape index (κ3) is 3.53. The van der Waals surface area contributed by atoms with Gasteiger partial charge in [-0.15, -0.1) is 0 Å². The summed E-state index contributed by atoms with van der Waals surface area (Å²) in [6.45, 7) is 14.3. The molecule has 5 heteroatoms. The van der Waals surface area contributed by atoms with Gasteiger partial charge in [0.25, 0.3) is 0 Å². The van der Waals surface area contributed by atoms with Gasteiger partial charge in [-0.05, 0) is 55.7 Å². The Kier molecular flexibility index (Phi) is 5.21. The molecular formula is C22H24N4O. The summed E-state index contributed by atoms with van der Waals surface area (Å²) in [5, 5.41) is 10.1. The zero-order valence-corrected chi connectivity index (χ0v) is 16.0. The van der Waals surface area contributed by atoms with Gasteiger partial charge in [-0.1, -0.05) is 20.1 Å². The average molecular weight is 360 g/mol. The molecule has 0 radical (unpaired) electrons. The normalized spacial score (nSPS) is 16.9. The first-order chi connectivity index (χ1) is 12.9. The molecule has 0 amide bonds. The van der Waals surface area contributed by atoms with Crippen LogP contribution in [0.3, 0.4) is 0 Å². The van der Waals surface area contributed by atoms with Crippen LogP contribution in [0.2, 0.25) is 0 Å². The van der Waals surface area contributed by atoms with Crippen LogP contribution in [0, 0.1) is 6.92 Å². The number of fused-ring (bicyclic) bond motifs is 1. The summed E-state index contributed by atoms with van der Waals surface area (Å²) in [7, 11) is 0. The molecule has 0 bridgehead atoms. The minimum atomic E-state index is 0.0960. The standard InChI is InChI=1S/C22H24N4O/c1-6-20-19-13-21(27)14(2)12-18(19)17(5)26(20)15(3)8-11-23-16(4)22-24-9-7-10-25-22/h7-13,20,27H,3,5-6H2,1-2,4H3/b11-8-,23-16?. The first-order valence-electron chi connectivity index (χ1n) is 8.93. The number of aliphatic imine (C=N–C) groups is 1. The smallest absolute Gasteiger partial charge is 0.173 e. The average Bonchev–Trinajstić information content (AvgIpc) is 2.94. The van der Waals surface area contributed by atoms with Crippen LogP contribution >= 0.6 is 0 Å². The lowest BCUT2D eigenvalue weighted by Gasteiger charge is -2.27. The minimum absolute atomic E-state index is 0.0960. The molecule has 1 aliphatic heterocycles. The molecule has 0 aliphatic carbocycles. The molecule has 1 aromatic carbocycles. The van der Waals surface area contributed by atoms with E-state index in [4.69, 9.17) is 0 Å². The Balaban J connectivity index is 1.83. The molecule has 1 atom stereocenters. The Hall–Kier alpha value is -3.21. The van der Waals surface area contributed by atoms with E-state index < -0.39 is 0 Å². The molecule has 138 valence electrons. The molecule has 2 aromatic rings. The van der Waals surface area contributed by atoms with Crippen molar-refractivity contribution in [1.29, 1.82) is 0 Å². The number of aromatic nitrogens is 2. The first kappa shape index (κ1) is 18.6. The fourth-order valence-corrected chi connectivity index (χ4v) is 3.33. The second kappa shape index (κ2) is 7.58. The Morgan fingerprint density at radius 3 is 2.70 bits per heavy atom. The topological polar surface area (TPSA) is 61.6 Å². The van der Waals surface area contributed by atoms with Crippen molar-refractivity contribution >= 4 is 11.4 Å². The SMILES string of the molecule is C=C(/C=C\N=C(C)c1ncccn1)N1C(=C)c2cc(C)c(O)cc2C1CC. The van der Waals surface area contributed by atoms with Crippen LogP contribution in [0.1, 0.15) is 48.8 Å². The maximum absolute atomic E-state index is 10.1. The highest BCUT2D eigenvalue weighted by molar-refractivity contribution is 5.95. The first-order valence-corrected chi connectivity index (χ1v) is 8.93. The maximum Gasteiger partial charge on any atom is 0.173 e. The molecule has 1 aliphatic rings. The van der Waals surface area contributed by atoms with Gasteiger partial charge >= 0.3 is 0 Å². The molecule has 27 heavy (non-hydrogen) atoms. The number of allylic oxidation sites excluding steroid dienone is 1. The number of nitrogens with zero attached hydrogens (tertiary/aromatic N) is 4. The van der Waals surface area contributed by atoms with E-state index in [0.29, 0.717) is 11.6 Å². The van der Waals surface area contributed by atoms with Crippen molar-refractivity contribution in [3.05, 3.63) is 84.2 Å². The van der Waals surface area contributed by atoms with Gasteiger partial charge in [0, 0.05) is 35.6 Å². The van der Waals surface area contributed by atoms with Crippen molar-refractivity contribution in [2.45, 2.75) is 33.2 Å². The van der Waals surface area contributed by atoms with Crippen LogP contribution in [0.25, 0.3) is 5.70 Å². The van der Waals surface area contributed by atoms with E-state index in [1.54, 1.807) is 24.7 Å². The monoisotopic (exact) mass is 360 g/mol. The Morgan fingerprint density at radius 1 is 1.33 bits per heavy atom. The zero-order valence-electron chi connectivity index (χ0n) is 16.0. The number of rotatable bonds is 5. The van der Waals surface area contributed by atoms with Crippen LogP contribution in [0.5, 0.6) is 5.75 Å². The van der Waals surface area contributed by atoms with Gasteiger partial charge in [0.15, 0.2) is 5.82 Å². The van der Waals surface area contributed by atoms with E-state index in [1.807, 2.05) is 32.1 Å². The summed E-state index contributed by atoms with van der Waals surface area (Å²) in [5.74, 6) is 0.911. The number of aryl methyl sites for hydroxylation is 1. The second-order valence-electron chi connectivity index (χ2n) is 6.56. The summed E-state index contributed by atoms with van der Waals surface area (Å²) in [6, 6.07) is 5.70. The molecule has 2 heterocycles. The van der Waals surface area contributed by atoms with Gasteiger partial charge in [-0.3, -0.25) is 4.99 Å². The van der Waals surface area contributed by atoms with Gasteiger partial charge in [0.05, 0.1) is 11.8 Å². The lowest BCUT2D eigenvalue weighted by atomic mass is 9.99. The minimum Gasteiger partial charge on any atom is -0.508 e. The third-order valence-electron chi connectivity index (χ3n) is 4.76. The number of hydrogen-bond donors (Lipinski definition) is 1. The fraction of sp³-hybridized carbons (Fsp3) is 0.227. The van der Waals surface area contributed by atoms with Crippen molar-refractivity contribution in [3.63, 3.8) is 0 Å². The Morgan fingerprint density at radius 2 is 2.04 bits per heavy atom. The lowest BCUT2D eigenvalue weighted by molar-refractivity contribution is 0.385. The fourth-order valence-electron chi connectivity index (χ4n) is 3.33. The molecule has 0 saturated carbocycles. The van der Waals surface area contributed by atoms with Crippen molar-refractivity contribution < 1.29 is 5.11 Å². The summed E-state index contributed by atoms with van der Waals surface area (Å²) in [5.41, 5.74) is 5.40. The summed E-state index contributed by atoms with van der Waals surface area (Å²) in [4.78, 5) is 14.9. The lowest BCUT2D eigenvalue weighted by Crippen LogP contribution is -2.18. The van der Waals surface area contributed by atoms with Gasteiger partial charge < -0.3 is 10.0 Å². The molecule has 1 aromatic heterocycles. The quantitative estimate of drug-likeness (QED) is 0.616. The van der Waals surface area contributed by atoms with E-state index in [1.165, 1.54) is 0 Å². The van der Waals surface area contributed by atoms with E-state index in [2.05, 4.69) is 39.9 Å². The molecule has 1 unspecified atom stereocenters. The predicted octanol–water partition coefficient (Wildman–Crippen LogP) is 4.76. The highest BCUT2D eigenvalue weighted by atomic mass is 16.3.